The molecular weight excluding hydrogens is 316 g/mol. The molecule has 3 aromatic rings. The summed E-state index contributed by atoms with van der Waals surface area (Å²) in [6.07, 6.45) is 6.98. The van der Waals surface area contributed by atoms with E-state index in [1.165, 1.54) is 4.68 Å². The van der Waals surface area contributed by atoms with Crippen molar-refractivity contribution in [2.45, 2.75) is 38.6 Å². The van der Waals surface area contributed by atoms with Gasteiger partial charge < -0.3 is 10.3 Å². The molecule has 128 valence electrons. The number of hydrogen-bond acceptors (Lipinski definition) is 3. The monoisotopic (exact) mass is 336 g/mol. The van der Waals surface area contributed by atoms with Gasteiger partial charge in [0.1, 0.15) is 6.54 Å². The maximum atomic E-state index is 12.3. The smallest absolute Gasteiger partial charge is 0.267 e. The second kappa shape index (κ2) is 6.55. The second-order valence-corrected chi connectivity index (χ2v) is 6.50. The van der Waals surface area contributed by atoms with E-state index in [4.69, 9.17) is 0 Å². The first-order chi connectivity index (χ1) is 12.2. The van der Waals surface area contributed by atoms with Crippen molar-refractivity contribution < 1.29 is 4.79 Å². The molecule has 1 aliphatic rings. The first kappa shape index (κ1) is 15.6. The van der Waals surface area contributed by atoms with Gasteiger partial charge in [-0.25, -0.2) is 4.68 Å². The molecule has 6 nitrogen and oxygen atoms in total. The number of rotatable bonds is 3. The average molecular weight is 336 g/mol. The number of anilines is 1. The summed E-state index contributed by atoms with van der Waals surface area (Å²) in [6.45, 7) is -0.0745. The molecule has 0 aliphatic heterocycles. The molecule has 2 N–H and O–H groups in total. The summed E-state index contributed by atoms with van der Waals surface area (Å²) in [5.41, 5.74) is 3.44. The molecule has 0 atom stereocenters. The zero-order chi connectivity index (χ0) is 17.2. The Kier molecular flexibility index (Phi) is 4.09. The third-order valence-electron chi connectivity index (χ3n) is 4.66. The van der Waals surface area contributed by atoms with Gasteiger partial charge in [0, 0.05) is 23.5 Å². The van der Waals surface area contributed by atoms with Gasteiger partial charge in [0.05, 0.1) is 5.69 Å². The number of fused-ring (bicyclic) bond motifs is 2. The summed E-state index contributed by atoms with van der Waals surface area (Å²) in [6, 6.07) is 9.28. The van der Waals surface area contributed by atoms with E-state index >= 15 is 0 Å². The SMILES string of the molecule is O=C(Cn1nc2c(cc1=O)CCCCC2)Nc1ccc2cc[nH]c2c1. The van der Waals surface area contributed by atoms with Crippen LogP contribution >= 0.6 is 0 Å². The lowest BCUT2D eigenvalue weighted by atomic mass is 10.1. The van der Waals surface area contributed by atoms with Crippen LogP contribution in [0.4, 0.5) is 5.69 Å². The van der Waals surface area contributed by atoms with Gasteiger partial charge in [-0.05, 0) is 54.8 Å². The molecule has 2 heterocycles. The van der Waals surface area contributed by atoms with Crippen LogP contribution in [0.3, 0.4) is 0 Å². The number of H-pyrrole nitrogens is 1. The highest BCUT2D eigenvalue weighted by atomic mass is 16.2. The molecule has 1 aromatic carbocycles. The predicted molar refractivity (Wildman–Crippen MR) is 96.7 cm³/mol. The molecule has 0 unspecified atom stereocenters. The number of nitrogens with one attached hydrogen (secondary N) is 2. The maximum absolute atomic E-state index is 12.3. The summed E-state index contributed by atoms with van der Waals surface area (Å²) >= 11 is 0. The van der Waals surface area contributed by atoms with Crippen LogP contribution in [0.1, 0.15) is 30.5 Å². The van der Waals surface area contributed by atoms with E-state index in [1.54, 1.807) is 6.07 Å². The highest BCUT2D eigenvalue weighted by Crippen LogP contribution is 2.18. The van der Waals surface area contributed by atoms with Crippen molar-refractivity contribution in [3.8, 4) is 0 Å². The van der Waals surface area contributed by atoms with E-state index in [-0.39, 0.29) is 18.0 Å². The zero-order valence-corrected chi connectivity index (χ0v) is 13.9. The Labute approximate surface area is 144 Å². The van der Waals surface area contributed by atoms with Crippen molar-refractivity contribution in [1.82, 2.24) is 14.8 Å². The Morgan fingerprint density at radius 1 is 1.16 bits per heavy atom. The van der Waals surface area contributed by atoms with E-state index in [0.29, 0.717) is 5.69 Å². The van der Waals surface area contributed by atoms with E-state index in [9.17, 15) is 9.59 Å². The van der Waals surface area contributed by atoms with E-state index in [1.807, 2.05) is 30.5 Å². The largest absolute Gasteiger partial charge is 0.361 e. The topological polar surface area (TPSA) is 79.8 Å². The summed E-state index contributed by atoms with van der Waals surface area (Å²) in [5.74, 6) is -0.255. The molecule has 6 heteroatoms. The molecule has 4 rings (SSSR count). The zero-order valence-electron chi connectivity index (χ0n) is 13.9. The number of nitrogens with zero attached hydrogens (tertiary/aromatic N) is 2. The van der Waals surface area contributed by atoms with Crippen molar-refractivity contribution >= 4 is 22.5 Å². The fourth-order valence-electron chi connectivity index (χ4n) is 3.35. The summed E-state index contributed by atoms with van der Waals surface area (Å²) in [5, 5.41) is 8.35. The highest BCUT2D eigenvalue weighted by Gasteiger charge is 2.14. The van der Waals surface area contributed by atoms with Crippen LogP contribution in [0.5, 0.6) is 0 Å². The van der Waals surface area contributed by atoms with Crippen LogP contribution in [-0.4, -0.2) is 20.7 Å². The van der Waals surface area contributed by atoms with Gasteiger partial charge in [0.25, 0.3) is 5.56 Å². The number of aryl methyl sites for hydroxylation is 2. The van der Waals surface area contributed by atoms with Crippen molar-refractivity contribution in [3.63, 3.8) is 0 Å². The van der Waals surface area contributed by atoms with Crippen molar-refractivity contribution in [2.75, 3.05) is 5.32 Å². The van der Waals surface area contributed by atoms with Crippen LogP contribution in [0.2, 0.25) is 0 Å². The lowest BCUT2D eigenvalue weighted by Crippen LogP contribution is -2.30. The number of carbonyl (C=O) groups is 1. The van der Waals surface area contributed by atoms with E-state index < -0.39 is 0 Å². The molecular formula is C19H20N4O2. The minimum absolute atomic E-state index is 0.0745. The molecule has 1 aliphatic carbocycles. The van der Waals surface area contributed by atoms with Gasteiger partial charge in [-0.1, -0.05) is 12.5 Å². The minimum atomic E-state index is -0.255. The first-order valence-electron chi connectivity index (χ1n) is 8.66. The standard InChI is InChI=1S/C19H20N4O2/c24-18(21-15-7-6-13-8-9-20-17(13)11-15)12-23-19(25)10-14-4-2-1-3-5-16(14)22-23/h6-11,20H,1-5,12H2,(H,21,24). The van der Waals surface area contributed by atoms with Gasteiger partial charge >= 0.3 is 0 Å². The van der Waals surface area contributed by atoms with Crippen LogP contribution < -0.4 is 10.9 Å². The fourth-order valence-corrected chi connectivity index (χ4v) is 3.35. The Morgan fingerprint density at radius 3 is 2.96 bits per heavy atom. The number of hydrogen-bond donors (Lipinski definition) is 2. The summed E-state index contributed by atoms with van der Waals surface area (Å²) in [4.78, 5) is 27.7. The number of aromatic amines is 1. The number of amides is 1. The molecule has 25 heavy (non-hydrogen) atoms. The van der Waals surface area contributed by atoms with Gasteiger partial charge in [-0.15, -0.1) is 0 Å². The maximum Gasteiger partial charge on any atom is 0.267 e. The summed E-state index contributed by atoms with van der Waals surface area (Å²) < 4.78 is 1.27. The molecule has 0 spiro atoms. The average Bonchev–Trinajstić information content (AvgIpc) is 2.94. The van der Waals surface area contributed by atoms with Crippen LogP contribution in [0.25, 0.3) is 10.9 Å². The van der Waals surface area contributed by atoms with E-state index in [2.05, 4.69) is 15.4 Å². The minimum Gasteiger partial charge on any atom is -0.361 e. The first-order valence-corrected chi connectivity index (χ1v) is 8.66. The molecule has 0 saturated heterocycles. The van der Waals surface area contributed by atoms with Crippen molar-refractivity contribution in [3.05, 3.63) is 58.1 Å². The molecule has 0 fully saturated rings. The molecule has 0 saturated carbocycles. The van der Waals surface area contributed by atoms with Crippen molar-refractivity contribution in [1.29, 1.82) is 0 Å². The second-order valence-electron chi connectivity index (χ2n) is 6.50. The predicted octanol–water partition coefficient (Wildman–Crippen LogP) is 2.63. The lowest BCUT2D eigenvalue weighted by molar-refractivity contribution is -0.117. The lowest BCUT2D eigenvalue weighted by Gasteiger charge is -2.10. The Morgan fingerprint density at radius 2 is 2.04 bits per heavy atom. The van der Waals surface area contributed by atoms with Crippen LogP contribution in [-0.2, 0) is 24.2 Å². The number of carbonyl (C=O) groups excluding carboxylic acids is 1. The van der Waals surface area contributed by atoms with Gasteiger partial charge in [0.2, 0.25) is 5.91 Å². The normalized spacial score (nSPS) is 14.1. The van der Waals surface area contributed by atoms with E-state index in [0.717, 1.165) is 54.3 Å². The summed E-state index contributed by atoms with van der Waals surface area (Å²) in [7, 11) is 0. The van der Waals surface area contributed by atoms with Crippen molar-refractivity contribution in [2.24, 2.45) is 0 Å². The third-order valence-corrected chi connectivity index (χ3v) is 4.66. The molecule has 2 aromatic heterocycles. The molecule has 0 radical (unpaired) electrons. The Balaban J connectivity index is 1.52. The quantitative estimate of drug-likeness (QED) is 0.722. The van der Waals surface area contributed by atoms with Gasteiger partial charge in [-0.3, -0.25) is 9.59 Å². The molecule has 1 amide bonds. The number of benzene rings is 1. The molecule has 0 bridgehead atoms. The van der Waals surface area contributed by atoms with Crippen LogP contribution in [0, 0.1) is 0 Å². The number of aromatic nitrogens is 3. The van der Waals surface area contributed by atoms with Gasteiger partial charge in [0.15, 0.2) is 0 Å². The Hall–Kier alpha value is -2.89. The third kappa shape index (κ3) is 3.33. The van der Waals surface area contributed by atoms with Crippen LogP contribution in [0.15, 0.2) is 41.3 Å². The fraction of sp³-hybridized carbons (Fsp3) is 0.316. The Bertz CT molecular complexity index is 986. The highest BCUT2D eigenvalue weighted by molar-refractivity contribution is 5.93. The van der Waals surface area contributed by atoms with Gasteiger partial charge in [-0.2, -0.15) is 5.10 Å².